The Labute approximate surface area is 177 Å². The van der Waals surface area contributed by atoms with Crippen molar-refractivity contribution in [1.29, 1.82) is 0 Å². The molecule has 12 heteroatoms. The Bertz CT molecular complexity index is 1260. The third-order valence-electron chi connectivity index (χ3n) is 4.38. The number of fused-ring (bicyclic) bond motifs is 2. The van der Waals surface area contributed by atoms with Crippen molar-refractivity contribution in [3.05, 3.63) is 56.6 Å². The van der Waals surface area contributed by atoms with E-state index in [1.807, 2.05) is 0 Å². The number of nitro groups is 1. The summed E-state index contributed by atoms with van der Waals surface area (Å²) in [6.07, 6.45) is 0. The van der Waals surface area contributed by atoms with Crippen LogP contribution in [0.5, 0.6) is 5.75 Å². The molecule has 1 aromatic heterocycles. The fraction of sp³-hybridized carbons (Fsp3) is 0.111. The van der Waals surface area contributed by atoms with Crippen molar-refractivity contribution in [3.63, 3.8) is 0 Å². The second kappa shape index (κ2) is 7.35. The molecule has 2 heterocycles. The Hall–Kier alpha value is -3.57. The van der Waals surface area contributed by atoms with Crippen LogP contribution < -0.4 is 10.1 Å². The number of rotatable bonds is 5. The highest BCUT2D eigenvalue weighted by Gasteiger charge is 2.37. The van der Waals surface area contributed by atoms with E-state index in [9.17, 15) is 24.5 Å². The molecule has 1 aliphatic rings. The van der Waals surface area contributed by atoms with Crippen LogP contribution in [0.15, 0.2) is 30.3 Å². The number of imide groups is 1. The van der Waals surface area contributed by atoms with Crippen molar-refractivity contribution in [2.24, 2.45) is 0 Å². The van der Waals surface area contributed by atoms with E-state index in [0.29, 0.717) is 16.3 Å². The van der Waals surface area contributed by atoms with Crippen LogP contribution in [0.25, 0.3) is 10.2 Å². The van der Waals surface area contributed by atoms with Crippen molar-refractivity contribution in [2.75, 3.05) is 19.0 Å². The van der Waals surface area contributed by atoms with E-state index in [4.69, 9.17) is 16.3 Å². The first-order chi connectivity index (χ1) is 14.3. The van der Waals surface area contributed by atoms with E-state index in [-0.39, 0.29) is 21.9 Å². The molecule has 0 spiro atoms. The van der Waals surface area contributed by atoms with Crippen LogP contribution in [0.2, 0.25) is 5.02 Å². The molecule has 1 N–H and O–H groups in total. The summed E-state index contributed by atoms with van der Waals surface area (Å²) in [6.45, 7) is -0.555. The van der Waals surface area contributed by atoms with Crippen molar-refractivity contribution in [2.45, 2.75) is 0 Å². The van der Waals surface area contributed by atoms with Gasteiger partial charge >= 0.3 is 0 Å². The molecule has 0 fully saturated rings. The zero-order valence-electron chi connectivity index (χ0n) is 15.2. The molecule has 0 atom stereocenters. The van der Waals surface area contributed by atoms with Crippen LogP contribution >= 0.6 is 22.9 Å². The van der Waals surface area contributed by atoms with Crippen molar-refractivity contribution < 1.29 is 24.0 Å². The number of carbonyl (C=O) groups is 3. The highest BCUT2D eigenvalue weighted by atomic mass is 35.5. The summed E-state index contributed by atoms with van der Waals surface area (Å²) in [4.78, 5) is 52.5. The summed E-state index contributed by atoms with van der Waals surface area (Å²) in [5.41, 5.74) is 0.141. The maximum Gasteiger partial charge on any atom is 0.270 e. The van der Waals surface area contributed by atoms with E-state index in [0.717, 1.165) is 21.7 Å². The quantitative estimate of drug-likeness (QED) is 0.361. The SMILES string of the molecule is COc1cc2sc(NC(=O)CN3C(=O)c4ccc([N+](=O)[O-])cc4C3=O)nc2cc1Cl. The minimum Gasteiger partial charge on any atom is -0.495 e. The fourth-order valence-electron chi connectivity index (χ4n) is 2.98. The van der Waals surface area contributed by atoms with E-state index in [1.165, 1.54) is 24.5 Å². The Morgan fingerprint density at radius 3 is 2.70 bits per heavy atom. The van der Waals surface area contributed by atoms with E-state index < -0.39 is 29.2 Å². The summed E-state index contributed by atoms with van der Waals surface area (Å²) in [7, 11) is 1.48. The smallest absolute Gasteiger partial charge is 0.270 e. The third kappa shape index (κ3) is 3.33. The first kappa shape index (κ1) is 19.7. The lowest BCUT2D eigenvalue weighted by atomic mass is 10.1. The van der Waals surface area contributed by atoms with E-state index in [1.54, 1.807) is 12.1 Å². The molecule has 2 aromatic carbocycles. The van der Waals surface area contributed by atoms with Crippen LogP contribution in [0.4, 0.5) is 10.8 Å². The Balaban J connectivity index is 1.51. The second-order valence-corrected chi connectivity index (χ2v) is 7.64. The van der Waals surface area contributed by atoms with Crippen molar-refractivity contribution in [3.8, 4) is 5.75 Å². The lowest BCUT2D eigenvalue weighted by Crippen LogP contribution is -2.37. The van der Waals surface area contributed by atoms with Gasteiger partial charge in [-0.15, -0.1) is 0 Å². The first-order valence-electron chi connectivity index (χ1n) is 8.37. The fourth-order valence-corrected chi connectivity index (χ4v) is 4.11. The number of thiazole rings is 1. The minimum atomic E-state index is -0.769. The number of ether oxygens (including phenoxy) is 1. The monoisotopic (exact) mass is 446 g/mol. The van der Waals surface area contributed by atoms with Gasteiger partial charge in [-0.3, -0.25) is 29.4 Å². The average molecular weight is 447 g/mol. The van der Waals surface area contributed by atoms with E-state index in [2.05, 4.69) is 10.3 Å². The molecule has 0 saturated carbocycles. The number of methoxy groups -OCH3 is 1. The Morgan fingerprint density at radius 2 is 2.00 bits per heavy atom. The molecule has 3 amide bonds. The highest BCUT2D eigenvalue weighted by molar-refractivity contribution is 7.22. The second-order valence-electron chi connectivity index (χ2n) is 6.21. The molecule has 4 rings (SSSR count). The zero-order chi connectivity index (χ0) is 21.6. The van der Waals surface area contributed by atoms with Gasteiger partial charge in [-0.1, -0.05) is 22.9 Å². The number of non-ortho nitro benzene ring substituents is 1. The predicted octanol–water partition coefficient (Wildman–Crippen LogP) is 3.10. The van der Waals surface area contributed by atoms with Gasteiger partial charge in [0.15, 0.2) is 5.13 Å². The number of nitrogens with one attached hydrogen (secondary N) is 1. The highest BCUT2D eigenvalue weighted by Crippen LogP contribution is 2.34. The summed E-state index contributed by atoms with van der Waals surface area (Å²) < 4.78 is 5.87. The normalized spacial score (nSPS) is 12.9. The number of amides is 3. The largest absolute Gasteiger partial charge is 0.495 e. The lowest BCUT2D eigenvalue weighted by molar-refractivity contribution is -0.384. The maximum absolute atomic E-state index is 12.5. The van der Waals surface area contributed by atoms with Gasteiger partial charge in [0, 0.05) is 18.2 Å². The van der Waals surface area contributed by atoms with Crippen LogP contribution in [0, 0.1) is 10.1 Å². The molecule has 0 radical (unpaired) electrons. The number of anilines is 1. The number of benzene rings is 2. The number of hydrogen-bond donors (Lipinski definition) is 1. The van der Waals surface area contributed by atoms with Crippen LogP contribution in [-0.2, 0) is 4.79 Å². The molecule has 0 bridgehead atoms. The average Bonchev–Trinajstić information content (AvgIpc) is 3.19. The van der Waals surface area contributed by atoms with Gasteiger partial charge in [-0.25, -0.2) is 4.98 Å². The summed E-state index contributed by atoms with van der Waals surface area (Å²) in [5, 5.41) is 14.1. The number of nitrogens with zero attached hydrogens (tertiary/aromatic N) is 3. The van der Waals surface area contributed by atoms with Gasteiger partial charge in [-0.2, -0.15) is 0 Å². The third-order valence-corrected chi connectivity index (χ3v) is 5.60. The number of hydrogen-bond acceptors (Lipinski definition) is 8. The van der Waals surface area contributed by atoms with Crippen LogP contribution in [0.1, 0.15) is 20.7 Å². The van der Waals surface area contributed by atoms with Gasteiger partial charge in [0.1, 0.15) is 12.3 Å². The summed E-state index contributed by atoms with van der Waals surface area (Å²) in [6, 6.07) is 6.64. The molecule has 3 aromatic rings. The van der Waals surface area contributed by atoms with Gasteiger partial charge in [0.2, 0.25) is 5.91 Å². The molecule has 1 aliphatic heterocycles. The van der Waals surface area contributed by atoms with Gasteiger partial charge < -0.3 is 10.1 Å². The number of carbonyl (C=O) groups excluding carboxylic acids is 3. The standard InChI is InChI=1S/C18H11ClN4O6S/c1-29-13-6-14-12(5-11(13)19)20-18(30-14)21-15(24)7-22-16(25)9-3-2-8(23(27)28)4-10(9)17(22)26/h2-6H,7H2,1H3,(H,20,21,24). The minimum absolute atomic E-state index is 0.0140. The first-order valence-corrected chi connectivity index (χ1v) is 9.56. The topological polar surface area (TPSA) is 132 Å². The molecule has 0 aliphatic carbocycles. The lowest BCUT2D eigenvalue weighted by Gasteiger charge is -2.12. The maximum atomic E-state index is 12.5. The molecule has 0 saturated heterocycles. The van der Waals surface area contributed by atoms with Gasteiger partial charge in [0.25, 0.3) is 17.5 Å². The molecule has 30 heavy (non-hydrogen) atoms. The predicted molar refractivity (Wildman–Crippen MR) is 108 cm³/mol. The van der Waals surface area contributed by atoms with Crippen LogP contribution in [-0.4, -0.2) is 46.2 Å². The van der Waals surface area contributed by atoms with Crippen LogP contribution in [0.3, 0.4) is 0 Å². The van der Waals surface area contributed by atoms with Crippen molar-refractivity contribution >= 4 is 61.7 Å². The number of halogens is 1. The Morgan fingerprint density at radius 1 is 1.27 bits per heavy atom. The molecular weight excluding hydrogens is 436 g/mol. The van der Waals surface area contributed by atoms with E-state index >= 15 is 0 Å². The van der Waals surface area contributed by atoms with Gasteiger partial charge in [0.05, 0.1) is 38.4 Å². The summed E-state index contributed by atoms with van der Waals surface area (Å²) >= 11 is 7.24. The number of aromatic nitrogens is 1. The summed E-state index contributed by atoms with van der Waals surface area (Å²) in [5.74, 6) is -1.64. The zero-order valence-corrected chi connectivity index (χ0v) is 16.7. The molecular formula is C18H11ClN4O6S. The van der Waals surface area contributed by atoms with Gasteiger partial charge in [-0.05, 0) is 12.1 Å². The number of nitro benzene ring substituents is 1. The molecule has 10 nitrogen and oxygen atoms in total. The molecule has 0 unspecified atom stereocenters. The molecule has 152 valence electrons. The van der Waals surface area contributed by atoms with Crippen molar-refractivity contribution in [1.82, 2.24) is 9.88 Å². The Kier molecular flexibility index (Phi) is 4.84.